The first-order chi connectivity index (χ1) is 7.04. The molecule has 0 saturated carbocycles. The van der Waals surface area contributed by atoms with Crippen LogP contribution in [-0.2, 0) is 9.84 Å². The van der Waals surface area contributed by atoms with Crippen molar-refractivity contribution in [2.75, 3.05) is 24.6 Å². The van der Waals surface area contributed by atoms with E-state index in [0.717, 1.165) is 6.42 Å². The fourth-order valence-corrected chi connectivity index (χ4v) is 3.86. The molecular formula is C10H18N2O2S. The van der Waals surface area contributed by atoms with E-state index in [9.17, 15) is 8.42 Å². The molecule has 0 aromatic heterocycles. The predicted molar refractivity (Wildman–Crippen MR) is 61.1 cm³/mol. The highest BCUT2D eigenvalue weighted by atomic mass is 32.2. The van der Waals surface area contributed by atoms with Crippen LogP contribution in [0.25, 0.3) is 0 Å². The van der Waals surface area contributed by atoms with Gasteiger partial charge in [-0.25, -0.2) is 8.42 Å². The minimum absolute atomic E-state index is 0.163. The quantitative estimate of drug-likeness (QED) is 0.505. The first kappa shape index (κ1) is 12.5. The maximum Gasteiger partial charge on any atom is 0.152 e. The Hall–Kier alpha value is -0.570. The van der Waals surface area contributed by atoms with E-state index in [2.05, 4.69) is 17.2 Å². The molecule has 0 aromatic rings. The Kier molecular flexibility index (Phi) is 4.14. The molecule has 1 aliphatic heterocycles. The Morgan fingerprint density at radius 3 is 2.73 bits per heavy atom. The zero-order valence-corrected chi connectivity index (χ0v) is 9.86. The molecule has 1 unspecified atom stereocenters. The van der Waals surface area contributed by atoms with Crippen LogP contribution in [0.4, 0.5) is 0 Å². The van der Waals surface area contributed by atoms with Crippen molar-refractivity contribution in [1.82, 2.24) is 5.32 Å². The first-order valence-electron chi connectivity index (χ1n) is 5.09. The van der Waals surface area contributed by atoms with E-state index in [1.54, 1.807) is 6.92 Å². The molecule has 1 saturated heterocycles. The Morgan fingerprint density at radius 1 is 1.53 bits per heavy atom. The smallest absolute Gasteiger partial charge is 0.152 e. The molecule has 1 aliphatic rings. The normalized spacial score (nSPS) is 28.4. The lowest BCUT2D eigenvalue weighted by molar-refractivity contribution is 0.377. The van der Waals surface area contributed by atoms with Gasteiger partial charge in [0, 0.05) is 25.0 Å². The third-order valence-electron chi connectivity index (χ3n) is 2.71. The van der Waals surface area contributed by atoms with Gasteiger partial charge >= 0.3 is 0 Å². The van der Waals surface area contributed by atoms with Gasteiger partial charge < -0.3 is 11.1 Å². The number of sulfone groups is 1. The Balaban J connectivity index is 2.51. The van der Waals surface area contributed by atoms with E-state index >= 15 is 0 Å². The molecule has 0 amide bonds. The Labute approximate surface area is 91.5 Å². The van der Waals surface area contributed by atoms with Gasteiger partial charge in [-0.05, 0) is 13.3 Å². The van der Waals surface area contributed by atoms with Crippen molar-refractivity contribution in [2.24, 2.45) is 5.73 Å². The molecule has 1 fully saturated rings. The fourth-order valence-electron chi connectivity index (χ4n) is 1.80. The monoisotopic (exact) mass is 230 g/mol. The number of rotatable bonds is 4. The van der Waals surface area contributed by atoms with E-state index in [4.69, 9.17) is 5.73 Å². The van der Waals surface area contributed by atoms with E-state index in [1.807, 2.05) is 0 Å². The molecule has 0 aliphatic carbocycles. The summed E-state index contributed by atoms with van der Waals surface area (Å²) in [5.74, 6) is 6.14. The highest BCUT2D eigenvalue weighted by molar-refractivity contribution is 7.91. The minimum Gasteiger partial charge on any atom is -0.329 e. The molecule has 0 aromatic carbocycles. The average Bonchev–Trinajstić information content (AvgIpc) is 2.50. The molecule has 1 rings (SSSR count). The molecule has 1 heterocycles. The van der Waals surface area contributed by atoms with Gasteiger partial charge in [-0.3, -0.25) is 0 Å². The van der Waals surface area contributed by atoms with Crippen molar-refractivity contribution >= 4 is 9.84 Å². The second kappa shape index (κ2) is 4.97. The lowest BCUT2D eigenvalue weighted by atomic mass is 9.99. The maximum atomic E-state index is 11.4. The van der Waals surface area contributed by atoms with Gasteiger partial charge in [0.25, 0.3) is 0 Å². The summed E-state index contributed by atoms with van der Waals surface area (Å²) in [4.78, 5) is 0. The molecule has 4 nitrogen and oxygen atoms in total. The molecule has 15 heavy (non-hydrogen) atoms. The lowest BCUT2D eigenvalue weighted by Gasteiger charge is -2.26. The van der Waals surface area contributed by atoms with E-state index in [1.165, 1.54) is 0 Å². The summed E-state index contributed by atoms with van der Waals surface area (Å²) in [6, 6.07) is 0. The Bertz CT molecular complexity index is 367. The van der Waals surface area contributed by atoms with Gasteiger partial charge in [0.1, 0.15) is 0 Å². The van der Waals surface area contributed by atoms with Gasteiger partial charge in [0.05, 0.1) is 11.5 Å². The van der Waals surface area contributed by atoms with Crippen molar-refractivity contribution in [2.45, 2.75) is 25.3 Å². The fraction of sp³-hybridized carbons (Fsp3) is 0.800. The number of hydrogen-bond donors (Lipinski definition) is 2. The summed E-state index contributed by atoms with van der Waals surface area (Å²) < 4.78 is 22.7. The molecule has 1 atom stereocenters. The second-order valence-corrected chi connectivity index (χ2v) is 6.11. The van der Waals surface area contributed by atoms with Crippen molar-refractivity contribution in [3.8, 4) is 11.8 Å². The largest absolute Gasteiger partial charge is 0.329 e. The molecule has 5 heteroatoms. The second-order valence-electron chi connectivity index (χ2n) is 3.93. The topological polar surface area (TPSA) is 72.2 Å². The van der Waals surface area contributed by atoms with E-state index in [0.29, 0.717) is 19.5 Å². The average molecular weight is 230 g/mol. The summed E-state index contributed by atoms with van der Waals surface area (Å²) >= 11 is 0. The number of nitrogens with one attached hydrogen (secondary N) is 1. The zero-order chi connectivity index (χ0) is 11.4. The molecule has 0 radical (unpaired) electrons. The van der Waals surface area contributed by atoms with Crippen molar-refractivity contribution in [3.05, 3.63) is 0 Å². The highest BCUT2D eigenvalue weighted by Gasteiger charge is 2.40. The van der Waals surface area contributed by atoms with Gasteiger partial charge in [0.15, 0.2) is 9.84 Å². The third kappa shape index (κ3) is 3.49. The molecule has 0 bridgehead atoms. The van der Waals surface area contributed by atoms with Gasteiger partial charge in [-0.2, -0.15) is 0 Å². The predicted octanol–water partition coefficient (Wildman–Crippen LogP) is -0.495. The van der Waals surface area contributed by atoms with Crippen LogP contribution in [0, 0.1) is 11.8 Å². The summed E-state index contributed by atoms with van der Waals surface area (Å²) in [5.41, 5.74) is 5.23. The van der Waals surface area contributed by atoms with Crippen LogP contribution in [0.1, 0.15) is 19.8 Å². The van der Waals surface area contributed by atoms with E-state index in [-0.39, 0.29) is 11.5 Å². The SMILES string of the molecule is CC#CCCNC1(CN)CCS(=O)(=O)C1. The number of nitrogens with two attached hydrogens (primary N) is 1. The summed E-state index contributed by atoms with van der Waals surface area (Å²) in [6.45, 7) is 2.86. The molecule has 3 N–H and O–H groups in total. The highest BCUT2D eigenvalue weighted by Crippen LogP contribution is 2.22. The summed E-state index contributed by atoms with van der Waals surface area (Å²) in [6.07, 6.45) is 1.35. The van der Waals surface area contributed by atoms with Crippen molar-refractivity contribution < 1.29 is 8.42 Å². The molecular weight excluding hydrogens is 212 g/mol. The van der Waals surface area contributed by atoms with Gasteiger partial charge in [-0.1, -0.05) is 0 Å². The van der Waals surface area contributed by atoms with Gasteiger partial charge in [0.2, 0.25) is 0 Å². The van der Waals surface area contributed by atoms with Crippen LogP contribution >= 0.6 is 0 Å². The van der Waals surface area contributed by atoms with Gasteiger partial charge in [-0.15, -0.1) is 11.8 Å². The van der Waals surface area contributed by atoms with E-state index < -0.39 is 15.4 Å². The van der Waals surface area contributed by atoms with Crippen LogP contribution in [0.5, 0.6) is 0 Å². The first-order valence-corrected chi connectivity index (χ1v) is 6.91. The van der Waals surface area contributed by atoms with Crippen molar-refractivity contribution in [1.29, 1.82) is 0 Å². The minimum atomic E-state index is -2.89. The van der Waals surface area contributed by atoms with Crippen molar-refractivity contribution in [3.63, 3.8) is 0 Å². The Morgan fingerprint density at radius 2 is 2.27 bits per heavy atom. The maximum absolute atomic E-state index is 11.4. The van der Waals surface area contributed by atoms with Crippen LogP contribution in [0.15, 0.2) is 0 Å². The summed E-state index contributed by atoms with van der Waals surface area (Å²) in [5, 5.41) is 3.23. The lowest BCUT2D eigenvalue weighted by Crippen LogP contribution is -2.52. The van der Waals surface area contributed by atoms with Crippen LogP contribution in [-0.4, -0.2) is 38.6 Å². The zero-order valence-electron chi connectivity index (χ0n) is 9.04. The molecule has 0 spiro atoms. The van der Waals surface area contributed by atoms with Crippen LogP contribution in [0.2, 0.25) is 0 Å². The standard InChI is InChI=1S/C10H18N2O2S/c1-2-3-4-6-12-10(8-11)5-7-15(13,14)9-10/h12H,4-9,11H2,1H3. The molecule has 86 valence electrons. The summed E-state index contributed by atoms with van der Waals surface area (Å²) in [7, 11) is -2.89. The number of hydrogen-bond acceptors (Lipinski definition) is 4. The van der Waals surface area contributed by atoms with Crippen LogP contribution in [0.3, 0.4) is 0 Å². The van der Waals surface area contributed by atoms with Crippen LogP contribution < -0.4 is 11.1 Å². The third-order valence-corrected chi connectivity index (χ3v) is 4.52.